The molecule has 0 saturated carbocycles. The molecule has 3 heterocycles. The molecule has 0 unspecified atom stereocenters. The molecular formula is C17H22N3O2+. The number of likely N-dealkylation sites (tertiary alicyclic amines) is 1. The Labute approximate surface area is 130 Å². The van der Waals surface area contributed by atoms with E-state index < -0.39 is 0 Å². The van der Waals surface area contributed by atoms with Gasteiger partial charge in [0, 0.05) is 6.20 Å². The first kappa shape index (κ1) is 14.8. The van der Waals surface area contributed by atoms with Crippen LogP contribution in [0.3, 0.4) is 0 Å². The van der Waals surface area contributed by atoms with E-state index >= 15 is 0 Å². The SMILES string of the molecule is O=C(NC[C@H](c1ccco1)[NH+]1CCCCC1)c1ccccn1. The second-order valence-corrected chi connectivity index (χ2v) is 5.71. The van der Waals surface area contributed by atoms with Gasteiger partial charge in [-0.05, 0) is 43.5 Å². The van der Waals surface area contributed by atoms with Gasteiger partial charge in [0.25, 0.3) is 5.91 Å². The van der Waals surface area contributed by atoms with E-state index in [0.717, 1.165) is 18.8 Å². The zero-order valence-electron chi connectivity index (χ0n) is 12.6. The average Bonchev–Trinajstić information content (AvgIpc) is 3.11. The summed E-state index contributed by atoms with van der Waals surface area (Å²) in [5, 5.41) is 3.00. The summed E-state index contributed by atoms with van der Waals surface area (Å²) < 4.78 is 5.60. The highest BCUT2D eigenvalue weighted by Crippen LogP contribution is 2.11. The van der Waals surface area contributed by atoms with Crippen molar-refractivity contribution in [3.63, 3.8) is 0 Å². The van der Waals surface area contributed by atoms with Crippen LogP contribution in [-0.4, -0.2) is 30.5 Å². The van der Waals surface area contributed by atoms with E-state index in [4.69, 9.17) is 4.42 Å². The van der Waals surface area contributed by atoms with Crippen LogP contribution >= 0.6 is 0 Å². The largest absolute Gasteiger partial charge is 0.463 e. The minimum absolute atomic E-state index is 0.131. The van der Waals surface area contributed by atoms with Crippen LogP contribution in [0.2, 0.25) is 0 Å². The Morgan fingerprint density at radius 1 is 1.23 bits per heavy atom. The number of nitrogens with one attached hydrogen (secondary N) is 2. The van der Waals surface area contributed by atoms with Crippen LogP contribution < -0.4 is 10.2 Å². The van der Waals surface area contributed by atoms with Crippen molar-refractivity contribution in [2.24, 2.45) is 0 Å². The third kappa shape index (κ3) is 3.54. The molecule has 3 rings (SSSR count). The second-order valence-electron chi connectivity index (χ2n) is 5.71. The lowest BCUT2D eigenvalue weighted by atomic mass is 10.1. The van der Waals surface area contributed by atoms with Crippen molar-refractivity contribution in [1.82, 2.24) is 10.3 Å². The zero-order chi connectivity index (χ0) is 15.2. The molecular weight excluding hydrogens is 278 g/mol. The highest BCUT2D eigenvalue weighted by atomic mass is 16.3. The van der Waals surface area contributed by atoms with Gasteiger partial charge in [0.1, 0.15) is 5.69 Å². The quantitative estimate of drug-likeness (QED) is 0.873. The molecule has 0 aromatic carbocycles. The number of nitrogens with zero attached hydrogens (tertiary/aromatic N) is 1. The van der Waals surface area contributed by atoms with Crippen LogP contribution in [0.15, 0.2) is 47.2 Å². The number of pyridine rings is 1. The minimum atomic E-state index is -0.131. The number of carbonyl (C=O) groups excluding carboxylic acids is 1. The van der Waals surface area contributed by atoms with E-state index in [9.17, 15) is 4.79 Å². The lowest BCUT2D eigenvalue weighted by molar-refractivity contribution is -0.936. The Bertz CT molecular complexity index is 577. The van der Waals surface area contributed by atoms with Crippen molar-refractivity contribution in [3.05, 3.63) is 54.2 Å². The van der Waals surface area contributed by atoms with Crippen LogP contribution in [0.5, 0.6) is 0 Å². The fourth-order valence-corrected chi connectivity index (χ4v) is 3.07. The molecule has 2 aromatic heterocycles. The Kier molecular flexibility index (Phi) is 4.85. The molecule has 1 saturated heterocycles. The summed E-state index contributed by atoms with van der Waals surface area (Å²) in [5.74, 6) is 0.812. The molecule has 5 nitrogen and oxygen atoms in total. The average molecular weight is 300 g/mol. The van der Waals surface area contributed by atoms with Gasteiger partial charge in [-0.1, -0.05) is 6.07 Å². The van der Waals surface area contributed by atoms with Crippen LogP contribution in [0.25, 0.3) is 0 Å². The molecule has 22 heavy (non-hydrogen) atoms. The van der Waals surface area contributed by atoms with Gasteiger partial charge < -0.3 is 14.6 Å². The zero-order valence-corrected chi connectivity index (χ0v) is 12.6. The Morgan fingerprint density at radius 3 is 2.77 bits per heavy atom. The van der Waals surface area contributed by atoms with Crippen molar-refractivity contribution < 1.29 is 14.1 Å². The molecule has 1 fully saturated rings. The summed E-state index contributed by atoms with van der Waals surface area (Å²) in [6, 6.07) is 9.43. The van der Waals surface area contributed by atoms with Gasteiger partial charge >= 0.3 is 0 Å². The van der Waals surface area contributed by atoms with Gasteiger partial charge in [-0.3, -0.25) is 9.78 Å². The summed E-state index contributed by atoms with van der Waals surface area (Å²) in [6.07, 6.45) is 7.11. The second kappa shape index (κ2) is 7.22. The number of aromatic nitrogens is 1. The van der Waals surface area contributed by atoms with Crippen molar-refractivity contribution in [3.8, 4) is 0 Å². The molecule has 116 valence electrons. The minimum Gasteiger partial charge on any atom is -0.463 e. The van der Waals surface area contributed by atoms with Gasteiger partial charge in [-0.15, -0.1) is 0 Å². The molecule has 0 aliphatic carbocycles. The maximum atomic E-state index is 12.2. The van der Waals surface area contributed by atoms with E-state index in [1.165, 1.54) is 24.2 Å². The number of carbonyl (C=O) groups is 1. The first-order chi connectivity index (χ1) is 10.8. The Morgan fingerprint density at radius 2 is 2.09 bits per heavy atom. The lowest BCUT2D eigenvalue weighted by Crippen LogP contribution is -3.13. The number of rotatable bonds is 5. The number of quaternary nitrogens is 1. The maximum absolute atomic E-state index is 12.2. The third-order valence-electron chi connectivity index (χ3n) is 4.24. The topological polar surface area (TPSA) is 59.6 Å². The van der Waals surface area contributed by atoms with Crippen molar-refractivity contribution in [2.75, 3.05) is 19.6 Å². The molecule has 0 spiro atoms. The molecule has 1 amide bonds. The number of hydrogen-bond acceptors (Lipinski definition) is 3. The fraction of sp³-hybridized carbons (Fsp3) is 0.412. The highest BCUT2D eigenvalue weighted by Gasteiger charge is 2.28. The molecule has 5 heteroatoms. The van der Waals surface area contributed by atoms with E-state index in [0.29, 0.717) is 12.2 Å². The molecule has 0 bridgehead atoms. The summed E-state index contributed by atoms with van der Waals surface area (Å²) in [6.45, 7) is 2.83. The van der Waals surface area contributed by atoms with Gasteiger partial charge in [0.2, 0.25) is 0 Å². The van der Waals surface area contributed by atoms with Gasteiger partial charge in [0.05, 0.1) is 25.9 Å². The standard InChI is InChI=1S/C17H21N3O2/c21-17(14-7-2-3-9-18-14)19-13-15(16-8-6-12-22-16)20-10-4-1-5-11-20/h2-3,6-9,12,15H,1,4-5,10-11,13H2,(H,19,21)/p+1/t15-/m1/s1. The van der Waals surface area contributed by atoms with Crippen molar-refractivity contribution >= 4 is 5.91 Å². The fourth-order valence-electron chi connectivity index (χ4n) is 3.07. The third-order valence-corrected chi connectivity index (χ3v) is 4.24. The molecule has 2 N–H and O–H groups in total. The highest BCUT2D eigenvalue weighted by molar-refractivity contribution is 5.92. The maximum Gasteiger partial charge on any atom is 0.270 e. The van der Waals surface area contributed by atoms with Gasteiger partial charge in [-0.2, -0.15) is 0 Å². The van der Waals surface area contributed by atoms with Crippen LogP contribution in [0.4, 0.5) is 0 Å². The molecule has 0 radical (unpaired) electrons. The van der Waals surface area contributed by atoms with E-state index in [1.807, 2.05) is 18.2 Å². The van der Waals surface area contributed by atoms with Crippen LogP contribution in [0, 0.1) is 0 Å². The molecule has 1 aliphatic heterocycles. The molecule has 1 atom stereocenters. The van der Waals surface area contributed by atoms with Crippen molar-refractivity contribution in [1.29, 1.82) is 0 Å². The van der Waals surface area contributed by atoms with Gasteiger partial charge in [-0.25, -0.2) is 0 Å². The summed E-state index contributed by atoms with van der Waals surface area (Å²) in [5.41, 5.74) is 0.453. The first-order valence-corrected chi connectivity index (χ1v) is 7.92. The van der Waals surface area contributed by atoms with E-state index in [-0.39, 0.29) is 11.9 Å². The number of hydrogen-bond donors (Lipinski definition) is 2. The summed E-state index contributed by atoms with van der Waals surface area (Å²) >= 11 is 0. The number of piperidine rings is 1. The van der Waals surface area contributed by atoms with E-state index in [1.54, 1.807) is 24.6 Å². The predicted molar refractivity (Wildman–Crippen MR) is 82.6 cm³/mol. The Hall–Kier alpha value is -2.14. The molecule has 1 aliphatic rings. The number of amides is 1. The van der Waals surface area contributed by atoms with Crippen molar-refractivity contribution in [2.45, 2.75) is 25.3 Å². The van der Waals surface area contributed by atoms with Gasteiger partial charge in [0.15, 0.2) is 11.8 Å². The van der Waals surface area contributed by atoms with E-state index in [2.05, 4.69) is 10.3 Å². The number of furan rings is 1. The molecule has 2 aromatic rings. The summed E-state index contributed by atoms with van der Waals surface area (Å²) in [4.78, 5) is 17.8. The lowest BCUT2D eigenvalue weighted by Gasteiger charge is -2.30. The first-order valence-electron chi connectivity index (χ1n) is 7.92. The smallest absolute Gasteiger partial charge is 0.270 e. The van der Waals surface area contributed by atoms with Crippen LogP contribution in [-0.2, 0) is 0 Å². The normalized spacial score (nSPS) is 17.1. The Balaban J connectivity index is 1.66. The summed E-state index contributed by atoms with van der Waals surface area (Å²) in [7, 11) is 0. The monoisotopic (exact) mass is 300 g/mol. The van der Waals surface area contributed by atoms with Crippen LogP contribution in [0.1, 0.15) is 41.6 Å². The predicted octanol–water partition coefficient (Wildman–Crippen LogP) is 1.21.